The molecule has 0 aliphatic heterocycles. The topological polar surface area (TPSA) is 70.7 Å². The fraction of sp³-hybridized carbons (Fsp3) is 0.250. The Morgan fingerprint density at radius 3 is 2.62 bits per heavy atom. The zero-order valence-corrected chi connectivity index (χ0v) is 8.80. The third-order valence-electron chi connectivity index (χ3n) is 2.58. The molecule has 0 unspecified atom stereocenters. The highest BCUT2D eigenvalue weighted by Gasteiger charge is 2.23. The van der Waals surface area contributed by atoms with Crippen LogP contribution in [0.4, 0.5) is 0 Å². The normalized spacial score (nSPS) is 11.9. The van der Waals surface area contributed by atoms with Crippen molar-refractivity contribution in [2.24, 2.45) is 0 Å². The van der Waals surface area contributed by atoms with Crippen LogP contribution in [0.15, 0.2) is 39.5 Å². The first-order chi connectivity index (χ1) is 7.53. The summed E-state index contributed by atoms with van der Waals surface area (Å²) in [6.45, 7) is 1.66. The summed E-state index contributed by atoms with van der Waals surface area (Å²) in [5.74, 6) is -1.89. The predicted molar refractivity (Wildman–Crippen MR) is 58.9 cm³/mol. The van der Waals surface area contributed by atoms with Crippen LogP contribution < -0.4 is 5.63 Å². The van der Waals surface area contributed by atoms with Gasteiger partial charge in [-0.15, -0.1) is 0 Å². The van der Waals surface area contributed by atoms with E-state index in [4.69, 9.17) is 4.42 Å². The van der Waals surface area contributed by atoms with Gasteiger partial charge < -0.3 is 14.6 Å². The molecule has 0 bridgehead atoms. The molecule has 1 aromatic heterocycles. The number of hydrogen-bond acceptors (Lipinski definition) is 4. The lowest BCUT2D eigenvalue weighted by Crippen LogP contribution is -2.23. The van der Waals surface area contributed by atoms with Gasteiger partial charge in [-0.2, -0.15) is 0 Å². The molecule has 0 saturated carbocycles. The maximum Gasteiger partial charge on any atom is 0.336 e. The fourth-order valence-corrected chi connectivity index (χ4v) is 1.51. The molecular weight excluding hydrogens is 208 g/mol. The molecule has 0 radical (unpaired) electrons. The average molecular weight is 220 g/mol. The van der Waals surface area contributed by atoms with Gasteiger partial charge in [0.2, 0.25) is 0 Å². The molecule has 0 atom stereocenters. The predicted octanol–water partition coefficient (Wildman–Crippen LogP) is 1.34. The molecule has 1 aromatic carbocycles. The third-order valence-corrected chi connectivity index (χ3v) is 2.58. The molecule has 16 heavy (non-hydrogen) atoms. The lowest BCUT2D eigenvalue weighted by Gasteiger charge is -2.20. The van der Waals surface area contributed by atoms with Gasteiger partial charge in [-0.3, -0.25) is 0 Å². The van der Waals surface area contributed by atoms with Gasteiger partial charge in [-0.25, -0.2) is 4.79 Å². The van der Waals surface area contributed by atoms with Crippen molar-refractivity contribution in [2.75, 3.05) is 0 Å². The highest BCUT2D eigenvalue weighted by atomic mass is 16.5. The quantitative estimate of drug-likeness (QED) is 0.592. The average Bonchev–Trinajstić information content (AvgIpc) is 2.28. The van der Waals surface area contributed by atoms with E-state index in [-0.39, 0.29) is 6.42 Å². The van der Waals surface area contributed by atoms with Crippen molar-refractivity contribution < 1.29 is 14.6 Å². The maximum absolute atomic E-state index is 11.0. The monoisotopic (exact) mass is 220 g/mol. The minimum absolute atomic E-state index is 0.162. The van der Waals surface area contributed by atoms with Crippen LogP contribution in [0.3, 0.4) is 0 Å². The van der Waals surface area contributed by atoms with Crippen molar-refractivity contribution in [1.29, 1.82) is 0 Å². The Kier molecular flexibility index (Phi) is 2.53. The molecule has 4 heteroatoms. The second-order valence-electron chi connectivity index (χ2n) is 3.68. The molecule has 1 heterocycles. The molecule has 0 aliphatic carbocycles. The molecule has 0 amide bonds. The van der Waals surface area contributed by atoms with Gasteiger partial charge in [0.05, 0.1) is 0 Å². The number of hydrogen-bond donors (Lipinski definition) is 2. The SMILES string of the molecule is CCC(O)(O)c1ccc2ccc(=O)oc2c1. The van der Waals surface area contributed by atoms with E-state index in [1.54, 1.807) is 25.1 Å². The van der Waals surface area contributed by atoms with Crippen molar-refractivity contribution in [1.82, 2.24) is 0 Å². The highest BCUT2D eigenvalue weighted by molar-refractivity contribution is 5.77. The fourth-order valence-electron chi connectivity index (χ4n) is 1.51. The minimum Gasteiger partial charge on any atom is -0.423 e. The molecule has 4 nitrogen and oxygen atoms in total. The van der Waals surface area contributed by atoms with E-state index in [0.29, 0.717) is 11.1 Å². The third kappa shape index (κ3) is 1.85. The van der Waals surface area contributed by atoms with Crippen molar-refractivity contribution in [3.63, 3.8) is 0 Å². The Bertz CT molecular complexity index is 568. The molecular formula is C12H12O4. The zero-order valence-electron chi connectivity index (χ0n) is 8.80. The summed E-state index contributed by atoms with van der Waals surface area (Å²) in [7, 11) is 0. The van der Waals surface area contributed by atoms with Gasteiger partial charge >= 0.3 is 5.63 Å². The van der Waals surface area contributed by atoms with E-state index < -0.39 is 11.4 Å². The Hall–Kier alpha value is -1.65. The summed E-state index contributed by atoms with van der Waals surface area (Å²) in [4.78, 5) is 11.0. The van der Waals surface area contributed by atoms with Crippen molar-refractivity contribution in [3.05, 3.63) is 46.3 Å². The van der Waals surface area contributed by atoms with Crippen molar-refractivity contribution in [3.8, 4) is 0 Å². The van der Waals surface area contributed by atoms with Gasteiger partial charge in [0, 0.05) is 23.4 Å². The Balaban J connectivity index is 2.63. The van der Waals surface area contributed by atoms with Crippen LogP contribution in [0.5, 0.6) is 0 Å². The molecule has 2 rings (SSSR count). The Morgan fingerprint density at radius 2 is 1.94 bits per heavy atom. The molecule has 0 fully saturated rings. The van der Waals surface area contributed by atoms with E-state index in [1.807, 2.05) is 0 Å². The van der Waals surface area contributed by atoms with E-state index >= 15 is 0 Å². The van der Waals surface area contributed by atoms with E-state index in [1.165, 1.54) is 12.1 Å². The van der Waals surface area contributed by atoms with Crippen molar-refractivity contribution in [2.45, 2.75) is 19.1 Å². The van der Waals surface area contributed by atoms with Gasteiger partial charge in [0.15, 0.2) is 5.79 Å². The number of benzene rings is 1. The number of aliphatic hydroxyl groups is 2. The number of fused-ring (bicyclic) bond motifs is 1. The van der Waals surface area contributed by atoms with Gasteiger partial charge in [-0.05, 0) is 12.1 Å². The van der Waals surface area contributed by atoms with Crippen LogP contribution in [0, 0.1) is 0 Å². The summed E-state index contributed by atoms with van der Waals surface area (Å²) < 4.78 is 4.96. The van der Waals surface area contributed by atoms with Crippen LogP contribution in [0.2, 0.25) is 0 Å². The second kappa shape index (κ2) is 3.73. The summed E-state index contributed by atoms with van der Waals surface area (Å²) in [5, 5.41) is 20.1. The smallest absolute Gasteiger partial charge is 0.336 e. The van der Waals surface area contributed by atoms with Crippen LogP contribution in [-0.4, -0.2) is 10.2 Å². The number of rotatable bonds is 2. The summed E-state index contributed by atoms with van der Waals surface area (Å²) in [5.41, 5.74) is 0.213. The van der Waals surface area contributed by atoms with Gasteiger partial charge in [-0.1, -0.05) is 19.1 Å². The molecule has 84 valence electrons. The maximum atomic E-state index is 11.0. The van der Waals surface area contributed by atoms with Crippen LogP contribution in [0.1, 0.15) is 18.9 Å². The summed E-state index contributed by atoms with van der Waals surface area (Å²) in [6.07, 6.45) is 0.162. The van der Waals surface area contributed by atoms with E-state index in [0.717, 1.165) is 5.39 Å². The second-order valence-corrected chi connectivity index (χ2v) is 3.68. The van der Waals surface area contributed by atoms with Gasteiger partial charge in [0.1, 0.15) is 5.58 Å². The summed E-state index contributed by atoms with van der Waals surface area (Å²) in [6, 6.07) is 7.72. The molecule has 0 spiro atoms. The minimum atomic E-state index is -1.89. The van der Waals surface area contributed by atoms with E-state index in [2.05, 4.69) is 0 Å². The lowest BCUT2D eigenvalue weighted by atomic mass is 10.0. The molecule has 2 aromatic rings. The Morgan fingerprint density at radius 1 is 1.25 bits per heavy atom. The highest BCUT2D eigenvalue weighted by Crippen LogP contribution is 2.24. The summed E-state index contributed by atoms with van der Waals surface area (Å²) >= 11 is 0. The standard InChI is InChI=1S/C12H12O4/c1-2-12(14,15)9-5-3-8-4-6-11(13)16-10(8)7-9/h3-7,14-15H,2H2,1H3. The lowest BCUT2D eigenvalue weighted by molar-refractivity contribution is -0.171. The van der Waals surface area contributed by atoms with E-state index in [9.17, 15) is 15.0 Å². The molecule has 2 N–H and O–H groups in total. The largest absolute Gasteiger partial charge is 0.423 e. The van der Waals surface area contributed by atoms with Crippen LogP contribution in [-0.2, 0) is 5.79 Å². The first-order valence-electron chi connectivity index (χ1n) is 5.02. The first kappa shape index (κ1) is 10.9. The molecule has 0 aliphatic rings. The van der Waals surface area contributed by atoms with Gasteiger partial charge in [0.25, 0.3) is 0 Å². The van der Waals surface area contributed by atoms with Crippen LogP contribution in [0.25, 0.3) is 11.0 Å². The first-order valence-corrected chi connectivity index (χ1v) is 5.02. The van der Waals surface area contributed by atoms with Crippen molar-refractivity contribution >= 4 is 11.0 Å². The van der Waals surface area contributed by atoms with Crippen LogP contribution >= 0.6 is 0 Å². The Labute approximate surface area is 91.8 Å². The molecule has 0 saturated heterocycles. The zero-order chi connectivity index (χ0) is 11.8.